The second-order valence-electron chi connectivity index (χ2n) is 6.37. The normalized spacial score (nSPS) is 10.5. The minimum atomic E-state index is -0.200. The Bertz CT molecular complexity index is 1120. The van der Waals surface area contributed by atoms with Gasteiger partial charge in [0.1, 0.15) is 10.8 Å². The van der Waals surface area contributed by atoms with Crippen LogP contribution in [-0.2, 0) is 0 Å². The Morgan fingerprint density at radius 2 is 1.72 bits per heavy atom. The topological polar surface area (TPSA) is 51.2 Å². The van der Waals surface area contributed by atoms with Crippen LogP contribution in [0, 0.1) is 0 Å². The summed E-state index contributed by atoms with van der Waals surface area (Å²) in [6, 6.07) is 25.1. The van der Waals surface area contributed by atoms with Gasteiger partial charge in [-0.05, 0) is 31.2 Å². The third-order valence-corrected chi connectivity index (χ3v) is 5.26. The molecular weight excluding hydrogens is 380 g/mol. The van der Waals surface area contributed by atoms with E-state index < -0.39 is 0 Å². The first-order valence-corrected chi connectivity index (χ1v) is 10.3. The lowest BCUT2D eigenvalue weighted by Gasteiger charge is -2.11. The lowest BCUT2D eigenvalue weighted by atomic mass is 10.1. The summed E-state index contributed by atoms with van der Waals surface area (Å²) in [5.41, 5.74) is 4.17. The SMILES string of the molecule is CCOc1ccccc1C(=O)Nc1cccc(-c2csc(-c3ccccc3)n2)c1. The van der Waals surface area contributed by atoms with Gasteiger partial charge in [-0.2, -0.15) is 0 Å². The van der Waals surface area contributed by atoms with Crippen molar-refractivity contribution in [2.24, 2.45) is 0 Å². The molecule has 0 spiro atoms. The van der Waals surface area contributed by atoms with E-state index in [0.717, 1.165) is 21.8 Å². The Hall–Kier alpha value is -3.44. The van der Waals surface area contributed by atoms with E-state index in [1.807, 2.05) is 66.9 Å². The molecule has 0 atom stereocenters. The molecule has 1 aromatic heterocycles. The van der Waals surface area contributed by atoms with Gasteiger partial charge in [-0.25, -0.2) is 4.98 Å². The Kier molecular flexibility index (Phi) is 5.68. The second-order valence-corrected chi connectivity index (χ2v) is 7.23. The number of amides is 1. The van der Waals surface area contributed by atoms with Crippen molar-refractivity contribution in [2.75, 3.05) is 11.9 Å². The van der Waals surface area contributed by atoms with Crippen LogP contribution in [0.1, 0.15) is 17.3 Å². The third-order valence-electron chi connectivity index (χ3n) is 4.37. The molecule has 0 unspecified atom stereocenters. The van der Waals surface area contributed by atoms with Crippen molar-refractivity contribution in [3.05, 3.63) is 89.8 Å². The van der Waals surface area contributed by atoms with Gasteiger partial charge in [-0.1, -0.05) is 54.6 Å². The Morgan fingerprint density at radius 3 is 2.55 bits per heavy atom. The molecule has 4 aromatic rings. The van der Waals surface area contributed by atoms with Crippen LogP contribution in [0.15, 0.2) is 84.2 Å². The molecule has 0 aliphatic heterocycles. The van der Waals surface area contributed by atoms with Crippen LogP contribution in [-0.4, -0.2) is 17.5 Å². The first-order chi connectivity index (χ1) is 14.2. The monoisotopic (exact) mass is 400 g/mol. The number of hydrogen-bond acceptors (Lipinski definition) is 4. The predicted molar refractivity (Wildman–Crippen MR) is 119 cm³/mol. The highest BCUT2D eigenvalue weighted by molar-refractivity contribution is 7.13. The lowest BCUT2D eigenvalue weighted by Crippen LogP contribution is -2.13. The predicted octanol–water partition coefficient (Wildman–Crippen LogP) is 6.13. The van der Waals surface area contributed by atoms with Gasteiger partial charge in [0.2, 0.25) is 0 Å². The van der Waals surface area contributed by atoms with Crippen molar-refractivity contribution in [3.63, 3.8) is 0 Å². The van der Waals surface area contributed by atoms with Gasteiger partial charge in [0, 0.05) is 22.2 Å². The number of thiazole rings is 1. The number of nitrogens with zero attached hydrogens (tertiary/aromatic N) is 1. The lowest BCUT2D eigenvalue weighted by molar-refractivity contribution is 0.102. The molecule has 0 bridgehead atoms. The largest absolute Gasteiger partial charge is 0.493 e. The van der Waals surface area contributed by atoms with Crippen LogP contribution in [0.3, 0.4) is 0 Å². The number of para-hydroxylation sites is 1. The summed E-state index contributed by atoms with van der Waals surface area (Å²) >= 11 is 1.61. The molecule has 4 nitrogen and oxygen atoms in total. The molecule has 0 saturated carbocycles. The molecule has 1 amide bonds. The number of aromatic nitrogens is 1. The zero-order valence-corrected chi connectivity index (χ0v) is 16.8. The van der Waals surface area contributed by atoms with Crippen LogP contribution in [0.5, 0.6) is 5.75 Å². The highest BCUT2D eigenvalue weighted by atomic mass is 32.1. The molecule has 5 heteroatoms. The molecule has 0 fully saturated rings. The molecule has 4 rings (SSSR count). The zero-order valence-electron chi connectivity index (χ0n) is 16.0. The summed E-state index contributed by atoms with van der Waals surface area (Å²) in [5.74, 6) is 0.380. The van der Waals surface area contributed by atoms with E-state index >= 15 is 0 Å². The average molecular weight is 401 g/mol. The number of carbonyl (C=O) groups excluding carboxylic acids is 1. The van der Waals surface area contributed by atoms with E-state index in [4.69, 9.17) is 9.72 Å². The van der Waals surface area contributed by atoms with Crippen molar-refractivity contribution in [3.8, 4) is 27.6 Å². The molecule has 1 heterocycles. The van der Waals surface area contributed by atoms with Crippen molar-refractivity contribution in [1.82, 2.24) is 4.98 Å². The fraction of sp³-hybridized carbons (Fsp3) is 0.0833. The number of hydrogen-bond donors (Lipinski definition) is 1. The van der Waals surface area contributed by atoms with E-state index in [0.29, 0.717) is 23.6 Å². The fourth-order valence-electron chi connectivity index (χ4n) is 3.01. The highest BCUT2D eigenvalue weighted by Crippen LogP contribution is 2.30. The van der Waals surface area contributed by atoms with Gasteiger partial charge in [-0.15, -0.1) is 11.3 Å². The minimum Gasteiger partial charge on any atom is -0.493 e. The van der Waals surface area contributed by atoms with Gasteiger partial charge in [0.15, 0.2) is 0 Å². The summed E-state index contributed by atoms with van der Waals surface area (Å²) in [6.07, 6.45) is 0. The van der Waals surface area contributed by atoms with Crippen LogP contribution < -0.4 is 10.1 Å². The minimum absolute atomic E-state index is 0.200. The van der Waals surface area contributed by atoms with Gasteiger partial charge in [-0.3, -0.25) is 4.79 Å². The molecular formula is C24H20N2O2S. The number of anilines is 1. The molecule has 144 valence electrons. The molecule has 0 aliphatic carbocycles. The van der Waals surface area contributed by atoms with Crippen molar-refractivity contribution in [1.29, 1.82) is 0 Å². The van der Waals surface area contributed by atoms with E-state index in [-0.39, 0.29) is 5.91 Å². The first-order valence-electron chi connectivity index (χ1n) is 9.39. The van der Waals surface area contributed by atoms with Crippen LogP contribution in [0.4, 0.5) is 5.69 Å². The molecule has 3 aromatic carbocycles. The van der Waals surface area contributed by atoms with Gasteiger partial charge < -0.3 is 10.1 Å². The van der Waals surface area contributed by atoms with Crippen molar-refractivity contribution in [2.45, 2.75) is 6.92 Å². The standard InChI is InChI=1S/C24H20N2O2S/c1-2-28-22-14-7-6-13-20(22)23(27)25-19-12-8-11-18(15-19)21-16-29-24(26-21)17-9-4-3-5-10-17/h3-16H,2H2,1H3,(H,25,27). The summed E-state index contributed by atoms with van der Waals surface area (Å²) in [5, 5.41) is 5.97. The van der Waals surface area contributed by atoms with Crippen molar-refractivity contribution < 1.29 is 9.53 Å². The van der Waals surface area contributed by atoms with E-state index in [2.05, 4.69) is 17.4 Å². The molecule has 0 saturated heterocycles. The van der Waals surface area contributed by atoms with Gasteiger partial charge in [0.05, 0.1) is 17.9 Å². The smallest absolute Gasteiger partial charge is 0.259 e. The maximum Gasteiger partial charge on any atom is 0.259 e. The van der Waals surface area contributed by atoms with Crippen LogP contribution in [0.25, 0.3) is 21.8 Å². The van der Waals surface area contributed by atoms with Gasteiger partial charge >= 0.3 is 0 Å². The van der Waals surface area contributed by atoms with E-state index in [1.165, 1.54) is 0 Å². The fourth-order valence-corrected chi connectivity index (χ4v) is 3.85. The average Bonchev–Trinajstić information content (AvgIpc) is 3.26. The summed E-state index contributed by atoms with van der Waals surface area (Å²) in [4.78, 5) is 17.5. The Balaban J connectivity index is 1.56. The quantitative estimate of drug-likeness (QED) is 0.424. The third kappa shape index (κ3) is 4.36. The summed E-state index contributed by atoms with van der Waals surface area (Å²) < 4.78 is 5.56. The molecule has 0 radical (unpaired) electrons. The van der Waals surface area contributed by atoms with E-state index in [9.17, 15) is 4.79 Å². The number of ether oxygens (including phenoxy) is 1. The maximum atomic E-state index is 12.7. The first kappa shape index (κ1) is 18.9. The molecule has 0 aliphatic rings. The number of carbonyl (C=O) groups is 1. The van der Waals surface area contributed by atoms with Crippen LogP contribution in [0.2, 0.25) is 0 Å². The van der Waals surface area contributed by atoms with Crippen LogP contribution >= 0.6 is 11.3 Å². The number of nitrogens with one attached hydrogen (secondary N) is 1. The molecule has 29 heavy (non-hydrogen) atoms. The highest BCUT2D eigenvalue weighted by Gasteiger charge is 2.13. The number of rotatable bonds is 6. The zero-order chi connectivity index (χ0) is 20.1. The molecule has 1 N–H and O–H groups in total. The second kappa shape index (κ2) is 8.71. The number of benzene rings is 3. The summed E-state index contributed by atoms with van der Waals surface area (Å²) in [6.45, 7) is 2.41. The summed E-state index contributed by atoms with van der Waals surface area (Å²) in [7, 11) is 0. The Morgan fingerprint density at radius 1 is 0.966 bits per heavy atom. The van der Waals surface area contributed by atoms with Gasteiger partial charge in [0.25, 0.3) is 5.91 Å². The van der Waals surface area contributed by atoms with Crippen molar-refractivity contribution >= 4 is 22.9 Å². The van der Waals surface area contributed by atoms with E-state index in [1.54, 1.807) is 23.5 Å². The Labute approximate surface area is 173 Å². The maximum absolute atomic E-state index is 12.7.